The summed E-state index contributed by atoms with van der Waals surface area (Å²) in [6, 6.07) is 7.71. The van der Waals surface area contributed by atoms with Crippen molar-refractivity contribution in [3.8, 4) is 0 Å². The van der Waals surface area contributed by atoms with Gasteiger partial charge in [0.1, 0.15) is 4.99 Å². The highest BCUT2D eigenvalue weighted by atomic mass is 32.1. The third-order valence-corrected chi connectivity index (χ3v) is 4.06. The molecule has 4 heteroatoms. The van der Waals surface area contributed by atoms with Gasteiger partial charge in [-0.3, -0.25) is 4.79 Å². The van der Waals surface area contributed by atoms with Crippen LogP contribution in [0.25, 0.3) is 0 Å². The van der Waals surface area contributed by atoms with E-state index in [1.165, 1.54) is 0 Å². The minimum Gasteiger partial charge on any atom is -0.389 e. The molecule has 20 heavy (non-hydrogen) atoms. The molecule has 1 aromatic carbocycles. The molecule has 110 valence electrons. The molecular formula is C16H24N2OS. The highest BCUT2D eigenvalue weighted by Crippen LogP contribution is 2.23. The monoisotopic (exact) mass is 292 g/mol. The average molecular weight is 292 g/mol. The van der Waals surface area contributed by atoms with Gasteiger partial charge in [0.15, 0.2) is 0 Å². The van der Waals surface area contributed by atoms with E-state index in [1.807, 2.05) is 36.2 Å². The number of carbonyl (C=O) groups is 1. The number of nitrogens with zero attached hydrogens (tertiary/aromatic N) is 1. The van der Waals surface area contributed by atoms with Crippen LogP contribution in [0, 0.1) is 5.41 Å². The summed E-state index contributed by atoms with van der Waals surface area (Å²) in [6.07, 6.45) is 0.397. The third-order valence-electron chi connectivity index (χ3n) is 3.82. The van der Waals surface area contributed by atoms with E-state index in [0.717, 1.165) is 11.1 Å². The largest absolute Gasteiger partial charge is 0.389 e. The van der Waals surface area contributed by atoms with Crippen molar-refractivity contribution in [1.29, 1.82) is 0 Å². The Bertz CT molecular complexity index is 488. The fourth-order valence-corrected chi connectivity index (χ4v) is 2.02. The van der Waals surface area contributed by atoms with Crippen molar-refractivity contribution >= 4 is 23.1 Å². The molecule has 1 amide bonds. The van der Waals surface area contributed by atoms with Gasteiger partial charge in [-0.2, -0.15) is 0 Å². The van der Waals surface area contributed by atoms with Gasteiger partial charge in [-0.1, -0.05) is 57.3 Å². The Morgan fingerprint density at radius 2 is 1.80 bits per heavy atom. The van der Waals surface area contributed by atoms with Crippen LogP contribution in [0.3, 0.4) is 0 Å². The van der Waals surface area contributed by atoms with E-state index in [-0.39, 0.29) is 17.4 Å². The molecule has 0 spiro atoms. The zero-order chi connectivity index (χ0) is 15.5. The fraction of sp³-hybridized carbons (Fsp3) is 0.500. The molecule has 2 N–H and O–H groups in total. The Morgan fingerprint density at radius 1 is 1.30 bits per heavy atom. The molecule has 0 saturated carbocycles. The molecule has 0 aromatic heterocycles. The highest BCUT2D eigenvalue weighted by molar-refractivity contribution is 7.80. The molecule has 0 aliphatic rings. The molecule has 0 aliphatic heterocycles. The summed E-state index contributed by atoms with van der Waals surface area (Å²) >= 11 is 4.91. The van der Waals surface area contributed by atoms with Crippen LogP contribution in [0.5, 0.6) is 0 Å². The van der Waals surface area contributed by atoms with Gasteiger partial charge in [0, 0.05) is 18.7 Å². The number of benzene rings is 1. The summed E-state index contributed by atoms with van der Waals surface area (Å²) < 4.78 is 0. The van der Waals surface area contributed by atoms with Crippen molar-refractivity contribution in [3.63, 3.8) is 0 Å². The van der Waals surface area contributed by atoms with Gasteiger partial charge in [0.25, 0.3) is 0 Å². The first-order valence-corrected chi connectivity index (χ1v) is 7.18. The fourth-order valence-electron chi connectivity index (χ4n) is 1.88. The van der Waals surface area contributed by atoms with E-state index in [0.29, 0.717) is 11.4 Å². The van der Waals surface area contributed by atoms with E-state index in [9.17, 15) is 4.79 Å². The highest BCUT2D eigenvalue weighted by Gasteiger charge is 2.26. The Labute approximate surface area is 127 Å². The topological polar surface area (TPSA) is 46.3 Å². The van der Waals surface area contributed by atoms with Crippen LogP contribution >= 0.6 is 12.2 Å². The SMILES string of the molecule is CC(N(C)C(=O)Cc1ccc(C(N)=S)cc1)C(C)(C)C. The van der Waals surface area contributed by atoms with Crippen LogP contribution in [0.1, 0.15) is 38.8 Å². The van der Waals surface area contributed by atoms with Crippen molar-refractivity contribution < 1.29 is 4.79 Å². The third kappa shape index (κ3) is 4.30. The number of carbonyl (C=O) groups excluding carboxylic acids is 1. The van der Waals surface area contributed by atoms with Crippen LogP contribution in [0.4, 0.5) is 0 Å². The van der Waals surface area contributed by atoms with Crippen molar-refractivity contribution in [1.82, 2.24) is 4.90 Å². The predicted molar refractivity (Wildman–Crippen MR) is 87.7 cm³/mol. The first kappa shape index (κ1) is 16.6. The molecule has 0 bridgehead atoms. The number of hydrogen-bond acceptors (Lipinski definition) is 2. The van der Waals surface area contributed by atoms with Crippen LogP contribution in [-0.2, 0) is 11.2 Å². The van der Waals surface area contributed by atoms with Crippen LogP contribution in [0.2, 0.25) is 0 Å². The molecular weight excluding hydrogens is 268 g/mol. The van der Waals surface area contributed by atoms with E-state index in [1.54, 1.807) is 0 Å². The Hall–Kier alpha value is -1.42. The number of rotatable bonds is 4. The Balaban J connectivity index is 2.73. The summed E-state index contributed by atoms with van der Waals surface area (Å²) in [5, 5.41) is 0. The number of hydrogen-bond donors (Lipinski definition) is 1. The molecule has 0 radical (unpaired) electrons. The summed E-state index contributed by atoms with van der Waals surface area (Å²) in [7, 11) is 1.86. The summed E-state index contributed by atoms with van der Waals surface area (Å²) in [5.41, 5.74) is 7.43. The molecule has 1 aromatic rings. The van der Waals surface area contributed by atoms with Crippen molar-refractivity contribution in [2.45, 2.75) is 40.2 Å². The normalized spacial score (nSPS) is 12.8. The molecule has 1 rings (SSSR count). The van der Waals surface area contributed by atoms with Crippen LogP contribution < -0.4 is 5.73 Å². The van der Waals surface area contributed by atoms with E-state index < -0.39 is 0 Å². The van der Waals surface area contributed by atoms with Crippen molar-refractivity contribution in [2.24, 2.45) is 11.1 Å². The molecule has 0 aliphatic carbocycles. The lowest BCUT2D eigenvalue weighted by molar-refractivity contribution is -0.132. The first-order valence-electron chi connectivity index (χ1n) is 6.77. The second-order valence-electron chi connectivity index (χ2n) is 6.28. The first-order chi connectivity index (χ1) is 9.12. The lowest BCUT2D eigenvalue weighted by Crippen LogP contribution is -2.43. The average Bonchev–Trinajstić information content (AvgIpc) is 2.36. The van der Waals surface area contributed by atoms with Gasteiger partial charge in [-0.15, -0.1) is 0 Å². The van der Waals surface area contributed by atoms with Gasteiger partial charge in [0.2, 0.25) is 5.91 Å². The van der Waals surface area contributed by atoms with E-state index in [2.05, 4.69) is 27.7 Å². The quantitative estimate of drug-likeness (QED) is 0.868. The maximum Gasteiger partial charge on any atom is 0.226 e. The molecule has 3 nitrogen and oxygen atoms in total. The van der Waals surface area contributed by atoms with Crippen molar-refractivity contribution in [3.05, 3.63) is 35.4 Å². The molecule has 0 fully saturated rings. The van der Waals surface area contributed by atoms with Gasteiger partial charge in [0.05, 0.1) is 6.42 Å². The van der Waals surface area contributed by atoms with Gasteiger partial charge >= 0.3 is 0 Å². The standard InChI is InChI=1S/C16H24N2OS/c1-11(16(2,3)4)18(5)14(19)10-12-6-8-13(9-7-12)15(17)20/h6-9,11H,10H2,1-5H3,(H2,17,20). The smallest absolute Gasteiger partial charge is 0.226 e. The minimum absolute atomic E-state index is 0.0694. The van der Waals surface area contributed by atoms with Crippen molar-refractivity contribution in [2.75, 3.05) is 7.05 Å². The molecule has 1 atom stereocenters. The zero-order valence-corrected chi connectivity index (χ0v) is 13.8. The molecule has 0 saturated heterocycles. The second-order valence-corrected chi connectivity index (χ2v) is 6.72. The maximum absolute atomic E-state index is 12.3. The molecule has 1 unspecified atom stereocenters. The summed E-state index contributed by atoms with van der Waals surface area (Å²) in [6.45, 7) is 8.49. The number of nitrogens with two attached hydrogens (primary N) is 1. The van der Waals surface area contributed by atoms with Gasteiger partial charge in [-0.25, -0.2) is 0 Å². The summed E-state index contributed by atoms with van der Waals surface area (Å²) in [5.74, 6) is 0.121. The summed E-state index contributed by atoms with van der Waals surface area (Å²) in [4.78, 5) is 14.5. The van der Waals surface area contributed by atoms with Crippen LogP contribution in [0.15, 0.2) is 24.3 Å². The van der Waals surface area contributed by atoms with E-state index >= 15 is 0 Å². The lowest BCUT2D eigenvalue weighted by atomic mass is 9.87. The predicted octanol–water partition coefficient (Wildman–Crippen LogP) is 2.76. The zero-order valence-electron chi connectivity index (χ0n) is 12.9. The molecule has 0 heterocycles. The Morgan fingerprint density at radius 3 is 2.20 bits per heavy atom. The number of amides is 1. The lowest BCUT2D eigenvalue weighted by Gasteiger charge is -2.35. The maximum atomic E-state index is 12.3. The second kappa shape index (κ2) is 6.35. The van der Waals surface area contributed by atoms with Crippen LogP contribution in [-0.4, -0.2) is 28.9 Å². The van der Waals surface area contributed by atoms with Gasteiger partial charge < -0.3 is 10.6 Å². The number of likely N-dealkylation sites (N-methyl/N-ethyl adjacent to an activating group) is 1. The van der Waals surface area contributed by atoms with E-state index in [4.69, 9.17) is 18.0 Å². The minimum atomic E-state index is 0.0694. The number of thiocarbonyl (C=S) groups is 1. The van der Waals surface area contributed by atoms with Gasteiger partial charge in [-0.05, 0) is 17.9 Å². The Kier molecular flexibility index (Phi) is 5.28.